The highest BCUT2D eigenvalue weighted by Gasteiger charge is 2.43. The zero-order valence-corrected chi connectivity index (χ0v) is 14.5. The fourth-order valence-electron chi connectivity index (χ4n) is 3.96. The Hall–Kier alpha value is -2.66. The predicted molar refractivity (Wildman–Crippen MR) is 95.8 cm³/mol. The number of ether oxygens (including phenoxy) is 1. The molecule has 0 atom stereocenters. The smallest absolute Gasteiger partial charge is 0.314 e. The molecule has 2 aliphatic heterocycles. The number of carboxylic acids is 1. The Labute approximate surface area is 152 Å². The van der Waals surface area contributed by atoms with Gasteiger partial charge in [0.15, 0.2) is 0 Å². The third-order valence-corrected chi connectivity index (χ3v) is 5.61. The van der Waals surface area contributed by atoms with Gasteiger partial charge < -0.3 is 14.7 Å². The first-order valence-corrected chi connectivity index (χ1v) is 8.88. The lowest BCUT2D eigenvalue weighted by Gasteiger charge is -2.39. The van der Waals surface area contributed by atoms with E-state index in [1.165, 1.54) is 0 Å². The van der Waals surface area contributed by atoms with Crippen molar-refractivity contribution >= 4 is 11.9 Å². The van der Waals surface area contributed by atoms with Crippen LogP contribution < -0.4 is 0 Å². The lowest BCUT2D eigenvalue weighted by molar-refractivity contribution is -0.145. The van der Waals surface area contributed by atoms with Gasteiger partial charge in [-0.1, -0.05) is 36.4 Å². The quantitative estimate of drug-likeness (QED) is 0.923. The van der Waals surface area contributed by atoms with Gasteiger partial charge in [0, 0.05) is 18.7 Å². The number of carboxylic acid groups (broad SMARTS) is 1. The number of nitrogens with zero attached hydrogens (tertiary/aromatic N) is 1. The molecule has 0 unspecified atom stereocenters. The first-order chi connectivity index (χ1) is 12.6. The summed E-state index contributed by atoms with van der Waals surface area (Å²) in [7, 11) is 0. The van der Waals surface area contributed by atoms with Crippen molar-refractivity contribution in [1.29, 1.82) is 0 Å². The summed E-state index contributed by atoms with van der Waals surface area (Å²) < 4.78 is 5.41. The number of piperidine rings is 1. The summed E-state index contributed by atoms with van der Waals surface area (Å²) in [5.74, 6) is -0.850. The Morgan fingerprint density at radius 3 is 2.35 bits per heavy atom. The van der Waals surface area contributed by atoms with Gasteiger partial charge in [0.2, 0.25) is 0 Å². The molecule has 5 nitrogen and oxygen atoms in total. The maximum absolute atomic E-state index is 12.9. The Bertz CT molecular complexity index is 838. The molecular weight excluding hydrogens is 330 g/mol. The Balaban J connectivity index is 1.52. The third-order valence-electron chi connectivity index (χ3n) is 5.61. The number of amides is 1. The van der Waals surface area contributed by atoms with E-state index in [1.807, 2.05) is 48.5 Å². The van der Waals surface area contributed by atoms with Crippen molar-refractivity contribution < 1.29 is 19.4 Å². The van der Waals surface area contributed by atoms with Crippen LogP contribution in [0.4, 0.5) is 0 Å². The monoisotopic (exact) mass is 351 g/mol. The summed E-state index contributed by atoms with van der Waals surface area (Å²) in [6, 6.07) is 15.0. The average molecular weight is 351 g/mol. The minimum atomic E-state index is -0.913. The fraction of sp³-hybridized carbons (Fsp3) is 0.333. The van der Waals surface area contributed by atoms with E-state index >= 15 is 0 Å². The largest absolute Gasteiger partial charge is 0.481 e. The Morgan fingerprint density at radius 2 is 1.65 bits per heavy atom. The molecule has 2 aliphatic rings. The highest BCUT2D eigenvalue weighted by molar-refractivity contribution is 5.95. The normalized spacial score (nSPS) is 18.4. The van der Waals surface area contributed by atoms with Crippen molar-refractivity contribution in [1.82, 2.24) is 4.90 Å². The summed E-state index contributed by atoms with van der Waals surface area (Å²) in [4.78, 5) is 26.7. The lowest BCUT2D eigenvalue weighted by atomic mass is 9.72. The molecule has 0 bridgehead atoms. The van der Waals surface area contributed by atoms with Crippen LogP contribution in [-0.2, 0) is 28.2 Å². The molecule has 1 saturated heterocycles. The first kappa shape index (κ1) is 16.8. The third kappa shape index (κ3) is 2.78. The van der Waals surface area contributed by atoms with Gasteiger partial charge >= 0.3 is 5.97 Å². The van der Waals surface area contributed by atoms with Crippen LogP contribution >= 0.6 is 0 Å². The van der Waals surface area contributed by atoms with Crippen molar-refractivity contribution in [3.8, 4) is 0 Å². The molecule has 0 aromatic heterocycles. The molecule has 1 N–H and O–H groups in total. The predicted octanol–water partition coefficient (Wildman–Crippen LogP) is 2.98. The molecule has 5 heteroatoms. The molecule has 26 heavy (non-hydrogen) atoms. The van der Waals surface area contributed by atoms with Crippen LogP contribution in [0.2, 0.25) is 0 Å². The van der Waals surface area contributed by atoms with Crippen molar-refractivity contribution in [2.75, 3.05) is 13.1 Å². The van der Waals surface area contributed by atoms with Crippen LogP contribution in [0.1, 0.15) is 39.9 Å². The first-order valence-electron chi connectivity index (χ1n) is 8.88. The molecule has 4 rings (SSSR count). The van der Waals surface area contributed by atoms with Gasteiger partial charge in [0.25, 0.3) is 5.91 Å². The number of fused-ring (bicyclic) bond motifs is 1. The van der Waals surface area contributed by atoms with Crippen LogP contribution in [0.15, 0.2) is 48.5 Å². The van der Waals surface area contributed by atoms with Gasteiger partial charge in [-0.05, 0) is 41.7 Å². The van der Waals surface area contributed by atoms with Gasteiger partial charge in [-0.25, -0.2) is 0 Å². The van der Waals surface area contributed by atoms with Gasteiger partial charge in [0.1, 0.15) is 0 Å². The number of benzene rings is 2. The van der Waals surface area contributed by atoms with E-state index in [-0.39, 0.29) is 5.91 Å². The number of likely N-dealkylation sites (tertiary alicyclic amines) is 1. The highest BCUT2D eigenvalue weighted by atomic mass is 16.5. The molecule has 1 amide bonds. The summed E-state index contributed by atoms with van der Waals surface area (Å²) in [6.07, 6.45) is 0.846. The number of hydrogen-bond donors (Lipinski definition) is 1. The second-order valence-electron chi connectivity index (χ2n) is 7.02. The summed E-state index contributed by atoms with van der Waals surface area (Å²) >= 11 is 0. The Kier molecular flexibility index (Phi) is 4.24. The van der Waals surface area contributed by atoms with Crippen molar-refractivity contribution in [3.05, 3.63) is 70.8 Å². The van der Waals surface area contributed by atoms with Gasteiger partial charge in [0.05, 0.1) is 18.6 Å². The number of carbonyl (C=O) groups is 2. The molecule has 0 spiro atoms. The van der Waals surface area contributed by atoms with Crippen LogP contribution in [0, 0.1) is 0 Å². The molecule has 0 aliphatic carbocycles. The van der Waals surface area contributed by atoms with E-state index in [0.29, 0.717) is 44.7 Å². The standard InChI is InChI=1S/C21H21NO4/c23-19(15-6-7-16-13-26-14-17(16)12-15)22-10-8-21(9-11-22,20(24)25)18-4-2-1-3-5-18/h1-7,12H,8-11,13-14H2,(H,24,25). The lowest BCUT2D eigenvalue weighted by Crippen LogP contribution is -2.49. The molecule has 134 valence electrons. The number of aliphatic carboxylic acids is 1. The second kappa shape index (κ2) is 6.57. The van der Waals surface area contributed by atoms with Crippen LogP contribution in [-0.4, -0.2) is 35.0 Å². The molecular formula is C21H21NO4. The summed E-state index contributed by atoms with van der Waals surface area (Å²) in [5.41, 5.74) is 2.75. The zero-order chi connectivity index (χ0) is 18.1. The minimum absolute atomic E-state index is 0.0354. The molecule has 2 heterocycles. The van der Waals surface area contributed by atoms with Gasteiger partial charge in [-0.3, -0.25) is 9.59 Å². The van der Waals surface area contributed by atoms with E-state index in [9.17, 15) is 14.7 Å². The maximum Gasteiger partial charge on any atom is 0.314 e. The number of rotatable bonds is 3. The molecule has 2 aromatic carbocycles. The maximum atomic E-state index is 12.9. The number of carbonyl (C=O) groups excluding carboxylic acids is 1. The van der Waals surface area contributed by atoms with E-state index in [4.69, 9.17) is 4.74 Å². The van der Waals surface area contributed by atoms with E-state index in [0.717, 1.165) is 16.7 Å². The molecule has 1 fully saturated rings. The summed E-state index contributed by atoms with van der Waals surface area (Å²) in [6.45, 7) is 2.03. The molecule has 0 radical (unpaired) electrons. The van der Waals surface area contributed by atoms with Crippen LogP contribution in [0.5, 0.6) is 0 Å². The van der Waals surface area contributed by atoms with E-state index in [2.05, 4.69) is 0 Å². The SMILES string of the molecule is O=C(c1ccc2c(c1)COC2)N1CCC(C(=O)O)(c2ccccc2)CC1. The highest BCUT2D eigenvalue weighted by Crippen LogP contribution is 2.36. The molecule has 2 aromatic rings. The number of hydrogen-bond acceptors (Lipinski definition) is 3. The summed E-state index contributed by atoms with van der Waals surface area (Å²) in [5, 5.41) is 9.87. The van der Waals surface area contributed by atoms with E-state index in [1.54, 1.807) is 4.90 Å². The average Bonchev–Trinajstić information content (AvgIpc) is 3.16. The second-order valence-corrected chi connectivity index (χ2v) is 7.02. The van der Waals surface area contributed by atoms with Crippen molar-refractivity contribution in [2.45, 2.75) is 31.5 Å². The van der Waals surface area contributed by atoms with Crippen LogP contribution in [0.25, 0.3) is 0 Å². The molecule has 0 saturated carbocycles. The van der Waals surface area contributed by atoms with Crippen molar-refractivity contribution in [2.24, 2.45) is 0 Å². The Morgan fingerprint density at radius 1 is 0.962 bits per heavy atom. The fourth-order valence-corrected chi connectivity index (χ4v) is 3.96. The van der Waals surface area contributed by atoms with Gasteiger partial charge in [-0.2, -0.15) is 0 Å². The van der Waals surface area contributed by atoms with Crippen LogP contribution in [0.3, 0.4) is 0 Å². The topological polar surface area (TPSA) is 66.8 Å². The van der Waals surface area contributed by atoms with Gasteiger partial charge in [-0.15, -0.1) is 0 Å². The van der Waals surface area contributed by atoms with E-state index < -0.39 is 11.4 Å². The van der Waals surface area contributed by atoms with Crippen molar-refractivity contribution in [3.63, 3.8) is 0 Å². The zero-order valence-electron chi connectivity index (χ0n) is 14.5. The minimum Gasteiger partial charge on any atom is -0.481 e.